The molecule has 2 aromatic rings. The third kappa shape index (κ3) is 4.19. The average molecular weight is 353 g/mol. The van der Waals surface area contributed by atoms with E-state index in [1.54, 1.807) is 18.2 Å². The number of nitrogens with one attached hydrogen (secondary N) is 1. The first-order valence-electron chi connectivity index (χ1n) is 8.40. The second kappa shape index (κ2) is 7.98. The van der Waals surface area contributed by atoms with Crippen LogP contribution in [0.2, 0.25) is 0 Å². The molecule has 1 saturated heterocycles. The third-order valence-corrected chi connectivity index (χ3v) is 4.19. The fraction of sp³-hybridized carbons (Fsp3) is 0.300. The zero-order valence-corrected chi connectivity index (χ0v) is 14.5. The number of nitrogens with zero attached hydrogens (tertiary/aromatic N) is 2. The van der Waals surface area contributed by atoms with Gasteiger partial charge in [-0.05, 0) is 36.8 Å². The Bertz CT molecular complexity index is 799. The van der Waals surface area contributed by atoms with Crippen LogP contribution in [0.5, 0.6) is 0 Å². The molecule has 0 saturated carbocycles. The van der Waals surface area contributed by atoms with Crippen LogP contribution in [0.4, 0.5) is 10.2 Å². The van der Waals surface area contributed by atoms with Crippen molar-refractivity contribution < 1.29 is 13.9 Å². The first-order chi connectivity index (χ1) is 12.6. The summed E-state index contributed by atoms with van der Waals surface area (Å²) in [6.07, 6.45) is 6.51. The lowest BCUT2D eigenvalue weighted by atomic mass is 10.1. The summed E-state index contributed by atoms with van der Waals surface area (Å²) in [5.41, 5.74) is 1.38. The van der Waals surface area contributed by atoms with Gasteiger partial charge in [-0.15, -0.1) is 6.42 Å². The maximum atomic E-state index is 13.1. The van der Waals surface area contributed by atoms with E-state index in [1.165, 1.54) is 18.3 Å². The highest BCUT2D eigenvalue weighted by Crippen LogP contribution is 2.28. The van der Waals surface area contributed by atoms with Gasteiger partial charge in [0, 0.05) is 19.3 Å². The molecule has 1 aromatic carbocycles. The minimum Gasteiger partial charge on any atom is -0.367 e. The van der Waals surface area contributed by atoms with E-state index in [-0.39, 0.29) is 30.5 Å². The Morgan fingerprint density at radius 3 is 2.77 bits per heavy atom. The summed E-state index contributed by atoms with van der Waals surface area (Å²) < 4.78 is 19.1. The van der Waals surface area contributed by atoms with Crippen molar-refractivity contribution in [2.24, 2.45) is 0 Å². The lowest BCUT2D eigenvalue weighted by molar-refractivity contribution is -0.0176. The predicted octanol–water partition coefficient (Wildman–Crippen LogP) is 2.55. The van der Waals surface area contributed by atoms with E-state index in [1.807, 2.05) is 13.0 Å². The first kappa shape index (κ1) is 17.9. The molecule has 1 aliphatic heterocycles. The van der Waals surface area contributed by atoms with Crippen LogP contribution in [-0.2, 0) is 4.74 Å². The van der Waals surface area contributed by atoms with Gasteiger partial charge in [0.25, 0.3) is 5.91 Å². The Morgan fingerprint density at radius 1 is 1.35 bits per heavy atom. The van der Waals surface area contributed by atoms with Crippen molar-refractivity contribution in [3.8, 4) is 12.3 Å². The van der Waals surface area contributed by atoms with Gasteiger partial charge in [-0.25, -0.2) is 9.37 Å². The fourth-order valence-electron chi connectivity index (χ4n) is 2.94. The zero-order valence-electron chi connectivity index (χ0n) is 14.5. The van der Waals surface area contributed by atoms with Gasteiger partial charge in [0.1, 0.15) is 17.7 Å². The molecule has 1 aromatic heterocycles. The molecule has 2 unspecified atom stereocenters. The van der Waals surface area contributed by atoms with Gasteiger partial charge >= 0.3 is 0 Å². The number of aromatic nitrogens is 1. The number of hydrogen-bond donors (Lipinski definition) is 1. The summed E-state index contributed by atoms with van der Waals surface area (Å²) in [5, 5.41) is 2.61. The molecule has 1 amide bonds. The maximum Gasteiger partial charge on any atom is 0.253 e. The number of carbonyl (C=O) groups excluding carboxylic acids is 1. The largest absolute Gasteiger partial charge is 0.367 e. The van der Waals surface area contributed by atoms with Crippen LogP contribution in [0.25, 0.3) is 0 Å². The molecule has 2 atom stereocenters. The Hall–Kier alpha value is -2.91. The number of morpholine rings is 1. The summed E-state index contributed by atoms with van der Waals surface area (Å²) >= 11 is 0. The van der Waals surface area contributed by atoms with Gasteiger partial charge in [-0.2, -0.15) is 0 Å². The zero-order chi connectivity index (χ0) is 18.5. The van der Waals surface area contributed by atoms with E-state index in [4.69, 9.17) is 11.2 Å². The minimum absolute atomic E-state index is 0.000734. The van der Waals surface area contributed by atoms with Crippen molar-refractivity contribution in [3.05, 3.63) is 59.5 Å². The van der Waals surface area contributed by atoms with Crippen molar-refractivity contribution in [2.45, 2.75) is 19.1 Å². The maximum absolute atomic E-state index is 13.1. The van der Waals surface area contributed by atoms with Gasteiger partial charge in [0.05, 0.1) is 18.2 Å². The molecule has 2 heterocycles. The molecule has 134 valence electrons. The Morgan fingerprint density at radius 2 is 2.12 bits per heavy atom. The molecule has 0 bridgehead atoms. The van der Waals surface area contributed by atoms with E-state index in [9.17, 15) is 9.18 Å². The molecule has 1 N–H and O–H groups in total. The average Bonchev–Trinajstić information content (AvgIpc) is 2.66. The van der Waals surface area contributed by atoms with Gasteiger partial charge < -0.3 is 15.0 Å². The van der Waals surface area contributed by atoms with Crippen molar-refractivity contribution in [1.82, 2.24) is 10.3 Å². The highest BCUT2D eigenvalue weighted by atomic mass is 19.1. The lowest BCUT2D eigenvalue weighted by Gasteiger charge is -2.37. The molecular formula is C20H20FN3O2. The van der Waals surface area contributed by atoms with Crippen LogP contribution in [0.3, 0.4) is 0 Å². The number of amides is 1. The fourth-order valence-corrected chi connectivity index (χ4v) is 2.94. The number of carbonyl (C=O) groups is 1. The Labute approximate surface area is 152 Å². The molecular weight excluding hydrogens is 333 g/mol. The van der Waals surface area contributed by atoms with E-state index in [2.05, 4.69) is 21.1 Å². The molecule has 26 heavy (non-hydrogen) atoms. The van der Waals surface area contributed by atoms with Crippen molar-refractivity contribution in [2.75, 3.05) is 24.5 Å². The summed E-state index contributed by atoms with van der Waals surface area (Å²) in [4.78, 5) is 18.4. The van der Waals surface area contributed by atoms with Crippen molar-refractivity contribution in [3.63, 3.8) is 0 Å². The highest BCUT2D eigenvalue weighted by Gasteiger charge is 2.27. The minimum atomic E-state index is -0.269. The summed E-state index contributed by atoms with van der Waals surface area (Å²) in [5.74, 6) is 2.61. The second-order valence-corrected chi connectivity index (χ2v) is 6.18. The van der Waals surface area contributed by atoms with Crippen LogP contribution >= 0.6 is 0 Å². The summed E-state index contributed by atoms with van der Waals surface area (Å²) in [6, 6.07) is 9.88. The highest BCUT2D eigenvalue weighted by molar-refractivity contribution is 5.94. The number of hydrogen-bond acceptors (Lipinski definition) is 4. The van der Waals surface area contributed by atoms with E-state index in [0.29, 0.717) is 18.7 Å². The summed E-state index contributed by atoms with van der Waals surface area (Å²) in [7, 11) is 0. The van der Waals surface area contributed by atoms with Crippen molar-refractivity contribution >= 4 is 11.7 Å². The van der Waals surface area contributed by atoms with Crippen LogP contribution in [-0.4, -0.2) is 36.6 Å². The Kier molecular flexibility index (Phi) is 5.49. The van der Waals surface area contributed by atoms with Crippen LogP contribution in [0.1, 0.15) is 28.9 Å². The number of anilines is 1. The molecule has 5 nitrogen and oxygen atoms in total. The molecule has 6 heteroatoms. The quantitative estimate of drug-likeness (QED) is 0.859. The number of pyridine rings is 1. The monoisotopic (exact) mass is 353 g/mol. The molecule has 0 spiro atoms. The van der Waals surface area contributed by atoms with Crippen LogP contribution in [0, 0.1) is 18.2 Å². The SMILES string of the molecule is C#CCNC(=O)c1ccc(N2CC(C)OC(c3ccc(F)cc3)C2)nc1. The van der Waals surface area contributed by atoms with E-state index in [0.717, 1.165) is 11.4 Å². The standard InChI is InChI=1S/C20H20FN3O2/c1-3-10-22-20(25)16-6-9-19(23-11-16)24-12-14(2)26-18(13-24)15-4-7-17(21)8-5-15/h1,4-9,11,14,18H,10,12-13H2,2H3,(H,22,25). The number of ether oxygens (including phenoxy) is 1. The van der Waals surface area contributed by atoms with E-state index < -0.39 is 0 Å². The number of benzene rings is 1. The second-order valence-electron chi connectivity index (χ2n) is 6.18. The number of halogens is 1. The van der Waals surface area contributed by atoms with Crippen molar-refractivity contribution in [1.29, 1.82) is 0 Å². The molecule has 0 aliphatic carbocycles. The summed E-state index contributed by atoms with van der Waals surface area (Å²) in [6.45, 7) is 3.46. The molecule has 3 rings (SSSR count). The van der Waals surface area contributed by atoms with Gasteiger partial charge in [-0.1, -0.05) is 18.1 Å². The molecule has 1 aliphatic rings. The number of terminal acetylenes is 1. The predicted molar refractivity (Wildman–Crippen MR) is 97.3 cm³/mol. The van der Waals surface area contributed by atoms with Gasteiger partial charge in [-0.3, -0.25) is 4.79 Å². The van der Waals surface area contributed by atoms with Gasteiger partial charge in [0.2, 0.25) is 0 Å². The molecule has 0 radical (unpaired) electrons. The van der Waals surface area contributed by atoms with Gasteiger partial charge in [0.15, 0.2) is 0 Å². The molecule has 1 fully saturated rings. The lowest BCUT2D eigenvalue weighted by Crippen LogP contribution is -2.43. The van der Waals surface area contributed by atoms with Crippen LogP contribution < -0.4 is 10.2 Å². The number of rotatable bonds is 4. The van der Waals surface area contributed by atoms with Crippen LogP contribution in [0.15, 0.2) is 42.6 Å². The first-order valence-corrected chi connectivity index (χ1v) is 8.40. The smallest absolute Gasteiger partial charge is 0.253 e. The topological polar surface area (TPSA) is 54.5 Å². The third-order valence-electron chi connectivity index (χ3n) is 4.19. The Balaban J connectivity index is 1.72. The normalized spacial score (nSPS) is 19.7. The van der Waals surface area contributed by atoms with E-state index >= 15 is 0 Å².